The van der Waals surface area contributed by atoms with E-state index in [1.807, 2.05) is 24.5 Å². The Labute approximate surface area is 295 Å². The summed E-state index contributed by atoms with van der Waals surface area (Å²) < 4.78 is 0. The number of aliphatic hydroxyl groups excluding tert-OH is 1. The van der Waals surface area contributed by atoms with Crippen LogP contribution in [0.3, 0.4) is 0 Å². The number of hydrogen-bond acceptors (Lipinski definition) is 9. The monoisotopic (exact) mass is 680 g/mol. The first kappa shape index (κ1) is 32.4. The maximum absolute atomic E-state index is 13.4. The molecule has 4 aliphatic heterocycles. The molecular weight excluding hydrogens is 644 g/mol. The fourth-order valence-electron chi connectivity index (χ4n) is 7.96. The zero-order chi connectivity index (χ0) is 35.1. The van der Waals surface area contributed by atoms with Gasteiger partial charge in [-0.25, -0.2) is 0 Å². The van der Waals surface area contributed by atoms with Crippen LogP contribution < -0.4 is 16.0 Å². The Morgan fingerprint density at radius 2 is 1.75 bits per heavy atom. The first-order chi connectivity index (χ1) is 24.9. The summed E-state index contributed by atoms with van der Waals surface area (Å²) in [6, 6.07) is 22.8. The van der Waals surface area contributed by atoms with E-state index in [1.165, 1.54) is 11.1 Å². The van der Waals surface area contributed by atoms with E-state index in [4.69, 9.17) is 0 Å². The van der Waals surface area contributed by atoms with Crippen molar-refractivity contribution in [2.24, 2.45) is 5.92 Å². The van der Waals surface area contributed by atoms with Gasteiger partial charge in [-0.15, -0.1) is 0 Å². The highest BCUT2D eigenvalue weighted by Gasteiger charge is 2.46. The molecular formula is C40H36N6O5. The molecule has 11 heteroatoms. The zero-order valence-corrected chi connectivity index (χ0v) is 27.8. The number of nitrogens with one attached hydrogen (secondary N) is 3. The number of aliphatic hydroxyl groups is 1. The van der Waals surface area contributed by atoms with Crippen molar-refractivity contribution in [2.75, 3.05) is 30.3 Å². The number of pyridine rings is 1. The number of fused-ring (bicyclic) bond motifs is 4. The van der Waals surface area contributed by atoms with Crippen molar-refractivity contribution in [2.45, 2.75) is 43.9 Å². The summed E-state index contributed by atoms with van der Waals surface area (Å²) in [6.45, 7) is 2.07. The van der Waals surface area contributed by atoms with E-state index in [0.29, 0.717) is 11.6 Å². The molecule has 0 saturated carbocycles. The largest absolute Gasteiger partial charge is 0.394 e. The summed E-state index contributed by atoms with van der Waals surface area (Å²) in [5.74, 6) is 4.48. The minimum atomic E-state index is -1.02. The summed E-state index contributed by atoms with van der Waals surface area (Å²) in [6.07, 6.45) is 4.82. The summed E-state index contributed by atoms with van der Waals surface area (Å²) in [5, 5.41) is 19.2. The normalized spacial score (nSPS) is 22.3. The maximum Gasteiger partial charge on any atom is 0.264 e. The molecule has 4 N–H and O–H groups in total. The third-order valence-corrected chi connectivity index (χ3v) is 10.4. The van der Waals surface area contributed by atoms with E-state index in [9.17, 15) is 24.3 Å². The first-order valence-electron chi connectivity index (χ1n) is 17.2. The lowest BCUT2D eigenvalue weighted by atomic mass is 9.82. The van der Waals surface area contributed by atoms with Crippen molar-refractivity contribution in [3.05, 3.63) is 113 Å². The molecule has 4 amide bonds. The van der Waals surface area contributed by atoms with Crippen LogP contribution in [-0.4, -0.2) is 75.3 Å². The molecule has 0 radical (unpaired) electrons. The van der Waals surface area contributed by atoms with Gasteiger partial charge in [0.05, 0.1) is 30.3 Å². The highest BCUT2D eigenvalue weighted by Crippen LogP contribution is 2.48. The Morgan fingerprint density at radius 3 is 2.57 bits per heavy atom. The van der Waals surface area contributed by atoms with Crippen molar-refractivity contribution in [1.82, 2.24) is 20.1 Å². The maximum atomic E-state index is 13.4. The van der Waals surface area contributed by atoms with Crippen molar-refractivity contribution < 1.29 is 24.3 Å². The third kappa shape index (κ3) is 6.03. The summed E-state index contributed by atoms with van der Waals surface area (Å²) in [7, 11) is 0. The topological polar surface area (TPSA) is 144 Å². The molecule has 4 aromatic rings. The van der Waals surface area contributed by atoms with Crippen LogP contribution in [0.2, 0.25) is 0 Å². The predicted molar refractivity (Wildman–Crippen MR) is 190 cm³/mol. The molecule has 5 heterocycles. The van der Waals surface area contributed by atoms with E-state index in [-0.39, 0.29) is 49.2 Å². The number of likely N-dealkylation sites (tertiary alicyclic amines) is 1. The Hall–Kier alpha value is -5.83. The minimum Gasteiger partial charge on any atom is -0.394 e. The molecule has 1 aromatic heterocycles. The SMILES string of the molecule is O=C1CCC(N2C(=O)c3cccc(NCC#Cc4cccc(-c5ccc6c(c5)[C@H]5[C@H](CCN5Cc5ccncc5)[C@@H](CO)N6)c4)c3C2=O)C(=O)N1. The van der Waals surface area contributed by atoms with Gasteiger partial charge in [-0.1, -0.05) is 36.1 Å². The molecule has 0 spiro atoms. The Bertz CT molecular complexity index is 2120. The molecule has 4 atom stereocenters. The van der Waals surface area contributed by atoms with Crippen molar-refractivity contribution in [1.29, 1.82) is 0 Å². The smallest absolute Gasteiger partial charge is 0.264 e. The molecule has 0 bridgehead atoms. The van der Waals surface area contributed by atoms with Crippen LogP contribution in [0.4, 0.5) is 11.4 Å². The highest BCUT2D eigenvalue weighted by molar-refractivity contribution is 6.25. The summed E-state index contributed by atoms with van der Waals surface area (Å²) >= 11 is 0. The van der Waals surface area contributed by atoms with Crippen LogP contribution in [-0.2, 0) is 16.1 Å². The van der Waals surface area contributed by atoms with Crippen LogP contribution in [0.15, 0.2) is 85.2 Å². The van der Waals surface area contributed by atoms with Gasteiger partial charge in [0, 0.05) is 54.3 Å². The molecule has 2 saturated heterocycles. The number of carbonyl (C=O) groups excluding carboxylic acids is 4. The Morgan fingerprint density at radius 1 is 0.922 bits per heavy atom. The number of piperidine rings is 1. The van der Waals surface area contributed by atoms with Gasteiger partial charge >= 0.3 is 0 Å². The lowest BCUT2D eigenvalue weighted by Crippen LogP contribution is -2.54. The van der Waals surface area contributed by atoms with E-state index in [1.54, 1.807) is 18.2 Å². The number of benzene rings is 3. The first-order valence-corrected chi connectivity index (χ1v) is 17.2. The zero-order valence-electron chi connectivity index (χ0n) is 27.8. The van der Waals surface area contributed by atoms with E-state index < -0.39 is 29.7 Å². The molecule has 4 aliphatic rings. The Kier molecular flexibility index (Phi) is 8.55. The van der Waals surface area contributed by atoms with Crippen molar-refractivity contribution in [3.63, 3.8) is 0 Å². The molecule has 256 valence electrons. The lowest BCUT2D eigenvalue weighted by Gasteiger charge is -2.39. The fourth-order valence-corrected chi connectivity index (χ4v) is 7.96. The van der Waals surface area contributed by atoms with Gasteiger partial charge in [-0.3, -0.25) is 39.3 Å². The van der Waals surface area contributed by atoms with Gasteiger partial charge in [0.15, 0.2) is 0 Å². The van der Waals surface area contributed by atoms with E-state index in [2.05, 4.69) is 80.1 Å². The van der Waals surface area contributed by atoms with E-state index >= 15 is 0 Å². The van der Waals surface area contributed by atoms with Crippen LogP contribution in [0, 0.1) is 17.8 Å². The van der Waals surface area contributed by atoms with Crippen LogP contribution in [0.25, 0.3) is 11.1 Å². The quantitative estimate of drug-likeness (QED) is 0.169. The molecule has 11 nitrogen and oxygen atoms in total. The predicted octanol–water partition coefficient (Wildman–Crippen LogP) is 3.96. The van der Waals surface area contributed by atoms with Crippen LogP contribution in [0.1, 0.15) is 62.7 Å². The number of carbonyl (C=O) groups is 4. The van der Waals surface area contributed by atoms with Gasteiger partial charge in [0.25, 0.3) is 11.8 Å². The van der Waals surface area contributed by atoms with Crippen molar-refractivity contribution in [3.8, 4) is 23.0 Å². The highest BCUT2D eigenvalue weighted by atomic mass is 16.3. The molecule has 8 rings (SSSR count). The molecule has 51 heavy (non-hydrogen) atoms. The van der Waals surface area contributed by atoms with E-state index in [0.717, 1.165) is 46.8 Å². The average molecular weight is 681 g/mol. The molecule has 0 aliphatic carbocycles. The number of imide groups is 2. The van der Waals surface area contributed by atoms with Crippen LogP contribution in [0.5, 0.6) is 0 Å². The van der Waals surface area contributed by atoms with Crippen LogP contribution >= 0.6 is 0 Å². The second-order valence-electron chi connectivity index (χ2n) is 13.4. The second-order valence-corrected chi connectivity index (χ2v) is 13.4. The number of aromatic nitrogens is 1. The van der Waals surface area contributed by atoms with Gasteiger partial charge in [-0.2, -0.15) is 0 Å². The van der Waals surface area contributed by atoms with Gasteiger partial charge in [-0.05, 0) is 90.2 Å². The lowest BCUT2D eigenvalue weighted by molar-refractivity contribution is -0.136. The molecule has 3 aromatic carbocycles. The third-order valence-electron chi connectivity index (χ3n) is 10.4. The number of amides is 4. The summed E-state index contributed by atoms with van der Waals surface area (Å²) in [4.78, 5) is 58.3. The van der Waals surface area contributed by atoms with Gasteiger partial charge in [0.2, 0.25) is 11.8 Å². The van der Waals surface area contributed by atoms with Crippen molar-refractivity contribution >= 4 is 35.0 Å². The number of nitrogens with zero attached hydrogens (tertiary/aromatic N) is 3. The van der Waals surface area contributed by atoms with Gasteiger partial charge in [0.1, 0.15) is 6.04 Å². The second kappa shape index (κ2) is 13.5. The number of rotatable bonds is 7. The fraction of sp³-hybridized carbons (Fsp3) is 0.275. The molecule has 1 unspecified atom stereocenters. The Balaban J connectivity index is 0.990. The number of hydrogen-bond donors (Lipinski definition) is 4. The standard InChI is InChI=1S/C40H36N6O5/c47-23-33-28-15-19-45(22-25-13-17-41-18-14-25)37(28)30-21-27(9-10-31(30)43-33)26-6-1-4-24(20-26)5-3-16-42-32-8-2-7-29-36(32)40(51)46(39(29)50)34-11-12-35(48)44-38(34)49/h1-2,4,6-10,13-14,17-18,20-21,28,33-34,37,42-43,47H,11-12,15-16,19,22-23H2,(H,44,48,49)/t28-,33-,34?,37-/m1/s1. The molecule has 2 fully saturated rings. The average Bonchev–Trinajstić information content (AvgIpc) is 3.68. The number of anilines is 2. The minimum absolute atomic E-state index is 0.00262. The summed E-state index contributed by atoms with van der Waals surface area (Å²) in [5.41, 5.74) is 7.32. The van der Waals surface area contributed by atoms with Gasteiger partial charge < -0.3 is 15.7 Å².